The summed E-state index contributed by atoms with van der Waals surface area (Å²) in [5, 5.41) is 3.18. The van der Waals surface area contributed by atoms with Crippen LogP contribution in [0, 0.1) is 17.8 Å². The Hall–Kier alpha value is -1.29. The van der Waals surface area contributed by atoms with Crippen molar-refractivity contribution in [3.05, 3.63) is 23.0 Å². The summed E-state index contributed by atoms with van der Waals surface area (Å²) < 4.78 is 0. The number of nitrogen functional groups attached to an aromatic ring is 1. The molecule has 4 nitrogen and oxygen atoms in total. The topological polar surface area (TPSA) is 68.0 Å². The summed E-state index contributed by atoms with van der Waals surface area (Å²) in [6, 6.07) is 1.57. The van der Waals surface area contributed by atoms with Crippen LogP contribution in [0.15, 0.2) is 12.3 Å². The van der Waals surface area contributed by atoms with Crippen molar-refractivity contribution in [1.29, 1.82) is 0 Å². The number of anilines is 1. The van der Waals surface area contributed by atoms with E-state index in [1.54, 1.807) is 6.07 Å². The molecule has 2 fully saturated rings. The lowest BCUT2D eigenvalue weighted by Crippen LogP contribution is -2.31. The molecule has 0 aromatic carbocycles. The Morgan fingerprint density at radius 1 is 1.47 bits per heavy atom. The molecule has 2 bridgehead atoms. The third kappa shape index (κ3) is 2.54. The molecule has 2 aliphatic carbocycles. The first-order valence-corrected chi connectivity index (χ1v) is 7.20. The lowest BCUT2D eigenvalue weighted by molar-refractivity contribution is 0.0941. The number of aromatic nitrogens is 1. The van der Waals surface area contributed by atoms with E-state index in [0.29, 0.717) is 17.2 Å². The minimum Gasteiger partial charge on any atom is -0.397 e. The standard InChI is InChI=1S/C14H18ClN3O/c15-13-12(5-11(16)7-17-13)14(19)18-6-10-4-8-1-2-9(10)3-8/h5,7-10H,1-4,6,16H2,(H,18,19). The molecule has 3 atom stereocenters. The second-order valence-corrected chi connectivity index (χ2v) is 6.11. The van der Waals surface area contributed by atoms with Gasteiger partial charge in [-0.15, -0.1) is 0 Å². The van der Waals surface area contributed by atoms with Crippen molar-refractivity contribution < 1.29 is 4.79 Å². The Kier molecular flexibility index (Phi) is 3.35. The van der Waals surface area contributed by atoms with Gasteiger partial charge in [-0.25, -0.2) is 4.98 Å². The van der Waals surface area contributed by atoms with Gasteiger partial charge in [-0.2, -0.15) is 0 Å². The summed E-state index contributed by atoms with van der Waals surface area (Å²) in [5.74, 6) is 2.16. The maximum Gasteiger partial charge on any atom is 0.254 e. The molecule has 3 unspecified atom stereocenters. The van der Waals surface area contributed by atoms with Crippen LogP contribution in [0.1, 0.15) is 36.0 Å². The molecule has 0 saturated heterocycles. The van der Waals surface area contributed by atoms with E-state index in [4.69, 9.17) is 17.3 Å². The van der Waals surface area contributed by atoms with E-state index in [9.17, 15) is 4.79 Å². The number of nitrogens with two attached hydrogens (primary N) is 1. The van der Waals surface area contributed by atoms with E-state index in [-0.39, 0.29) is 11.1 Å². The number of nitrogens with zero attached hydrogens (tertiary/aromatic N) is 1. The van der Waals surface area contributed by atoms with Gasteiger partial charge >= 0.3 is 0 Å². The zero-order valence-corrected chi connectivity index (χ0v) is 11.5. The lowest BCUT2D eigenvalue weighted by Gasteiger charge is -2.21. The third-order valence-corrected chi connectivity index (χ3v) is 4.82. The lowest BCUT2D eigenvalue weighted by atomic mass is 9.89. The highest BCUT2D eigenvalue weighted by Crippen LogP contribution is 2.47. The second kappa shape index (κ2) is 5.00. The number of carbonyl (C=O) groups excluding carboxylic acids is 1. The van der Waals surface area contributed by atoms with Gasteiger partial charge in [0.25, 0.3) is 5.91 Å². The molecule has 19 heavy (non-hydrogen) atoms. The number of nitrogens with one attached hydrogen (secondary N) is 1. The number of halogens is 1. The molecule has 2 aliphatic rings. The van der Waals surface area contributed by atoms with Gasteiger partial charge in [0.1, 0.15) is 5.15 Å². The highest BCUT2D eigenvalue weighted by molar-refractivity contribution is 6.32. The van der Waals surface area contributed by atoms with Gasteiger partial charge in [0.2, 0.25) is 0 Å². The van der Waals surface area contributed by atoms with Crippen LogP contribution in [-0.4, -0.2) is 17.4 Å². The average molecular weight is 280 g/mol. The Morgan fingerprint density at radius 3 is 3.00 bits per heavy atom. The summed E-state index contributed by atoms with van der Waals surface area (Å²) in [6.45, 7) is 0.741. The van der Waals surface area contributed by atoms with Crippen molar-refractivity contribution in [2.45, 2.75) is 25.7 Å². The van der Waals surface area contributed by atoms with Gasteiger partial charge in [0.15, 0.2) is 0 Å². The van der Waals surface area contributed by atoms with E-state index < -0.39 is 0 Å². The molecule has 3 N–H and O–H groups in total. The summed E-state index contributed by atoms with van der Waals surface area (Å²) >= 11 is 5.92. The number of carbonyl (C=O) groups is 1. The molecular weight excluding hydrogens is 262 g/mol. The first-order chi connectivity index (χ1) is 9.13. The molecule has 0 aliphatic heterocycles. The Morgan fingerprint density at radius 2 is 2.32 bits per heavy atom. The fourth-order valence-corrected chi connectivity index (χ4v) is 3.76. The van der Waals surface area contributed by atoms with E-state index in [0.717, 1.165) is 18.4 Å². The number of fused-ring (bicyclic) bond motifs is 2. The average Bonchev–Trinajstić information content (AvgIpc) is 3.01. The van der Waals surface area contributed by atoms with Gasteiger partial charge < -0.3 is 11.1 Å². The van der Waals surface area contributed by atoms with Crippen molar-refractivity contribution in [1.82, 2.24) is 10.3 Å². The van der Waals surface area contributed by atoms with E-state index in [1.807, 2.05) is 0 Å². The van der Waals surface area contributed by atoms with Crippen molar-refractivity contribution in [3.63, 3.8) is 0 Å². The van der Waals surface area contributed by atoms with Crippen LogP contribution in [0.5, 0.6) is 0 Å². The summed E-state index contributed by atoms with van der Waals surface area (Å²) in [4.78, 5) is 16.0. The summed E-state index contributed by atoms with van der Waals surface area (Å²) in [7, 11) is 0. The normalized spacial score (nSPS) is 28.6. The summed E-state index contributed by atoms with van der Waals surface area (Å²) in [6.07, 6.45) is 6.76. The quantitative estimate of drug-likeness (QED) is 0.835. The number of hydrogen-bond acceptors (Lipinski definition) is 3. The van der Waals surface area contributed by atoms with Crippen LogP contribution < -0.4 is 11.1 Å². The van der Waals surface area contributed by atoms with Crippen molar-refractivity contribution in [3.8, 4) is 0 Å². The number of rotatable bonds is 3. The molecule has 1 amide bonds. The van der Waals surface area contributed by atoms with Crippen molar-refractivity contribution in [2.24, 2.45) is 17.8 Å². The molecule has 3 rings (SSSR count). The maximum absolute atomic E-state index is 12.1. The van der Waals surface area contributed by atoms with Crippen LogP contribution >= 0.6 is 11.6 Å². The fourth-order valence-electron chi connectivity index (χ4n) is 3.57. The molecule has 2 saturated carbocycles. The van der Waals surface area contributed by atoms with E-state index in [1.165, 1.54) is 31.9 Å². The van der Waals surface area contributed by atoms with Crippen molar-refractivity contribution >= 4 is 23.2 Å². The zero-order chi connectivity index (χ0) is 13.4. The highest BCUT2D eigenvalue weighted by atomic mass is 35.5. The Bertz CT molecular complexity index is 505. The predicted molar refractivity (Wildman–Crippen MR) is 74.9 cm³/mol. The second-order valence-electron chi connectivity index (χ2n) is 5.75. The van der Waals surface area contributed by atoms with Gasteiger partial charge in [0.05, 0.1) is 17.4 Å². The van der Waals surface area contributed by atoms with E-state index in [2.05, 4.69) is 10.3 Å². The molecular formula is C14H18ClN3O. The van der Waals surface area contributed by atoms with Crippen LogP contribution in [0.4, 0.5) is 5.69 Å². The van der Waals surface area contributed by atoms with Gasteiger partial charge in [-0.05, 0) is 43.1 Å². The largest absolute Gasteiger partial charge is 0.397 e. The van der Waals surface area contributed by atoms with Crippen LogP contribution in [0.25, 0.3) is 0 Å². The molecule has 0 spiro atoms. The Balaban J connectivity index is 1.61. The molecule has 1 aromatic heterocycles. The minimum atomic E-state index is -0.174. The number of amides is 1. The van der Waals surface area contributed by atoms with Gasteiger partial charge in [-0.1, -0.05) is 18.0 Å². The van der Waals surface area contributed by atoms with Crippen LogP contribution in [0.3, 0.4) is 0 Å². The molecule has 5 heteroatoms. The molecule has 0 radical (unpaired) electrons. The minimum absolute atomic E-state index is 0.174. The Labute approximate surface area is 117 Å². The third-order valence-electron chi connectivity index (χ3n) is 4.51. The zero-order valence-electron chi connectivity index (χ0n) is 10.7. The van der Waals surface area contributed by atoms with Crippen molar-refractivity contribution in [2.75, 3.05) is 12.3 Å². The first-order valence-electron chi connectivity index (χ1n) is 6.82. The van der Waals surface area contributed by atoms with E-state index >= 15 is 0 Å². The SMILES string of the molecule is Nc1cnc(Cl)c(C(=O)NCC2CC3CCC2C3)c1. The first kappa shape index (κ1) is 12.7. The summed E-state index contributed by atoms with van der Waals surface area (Å²) in [5.41, 5.74) is 6.45. The van der Waals surface area contributed by atoms with Crippen LogP contribution in [0.2, 0.25) is 5.15 Å². The van der Waals surface area contributed by atoms with Gasteiger partial charge in [0, 0.05) is 6.54 Å². The van der Waals surface area contributed by atoms with Crippen LogP contribution in [-0.2, 0) is 0 Å². The molecule has 1 heterocycles. The number of hydrogen-bond donors (Lipinski definition) is 2. The predicted octanol–water partition coefficient (Wildman–Crippen LogP) is 2.48. The fraction of sp³-hybridized carbons (Fsp3) is 0.571. The maximum atomic E-state index is 12.1. The monoisotopic (exact) mass is 279 g/mol. The highest BCUT2D eigenvalue weighted by Gasteiger charge is 2.39. The van der Waals surface area contributed by atoms with Gasteiger partial charge in [-0.3, -0.25) is 4.79 Å². The smallest absolute Gasteiger partial charge is 0.254 e. The number of pyridine rings is 1. The molecule has 1 aromatic rings. The molecule has 102 valence electrons.